The number of carbonyl (C=O) groups is 1. The Bertz CT molecular complexity index is 1750. The zero-order valence-corrected chi connectivity index (χ0v) is 44.5. The van der Waals surface area contributed by atoms with Crippen molar-refractivity contribution >= 4 is 5.91 Å². The molecule has 2 saturated heterocycles. The Morgan fingerprint density at radius 1 is 0.500 bits per heavy atom. The van der Waals surface area contributed by atoms with E-state index in [1.165, 1.54) is 0 Å². The number of aliphatic hydroxyl groups excluding tert-OH is 8. The Morgan fingerprint density at radius 3 is 1.47 bits per heavy atom. The van der Waals surface area contributed by atoms with E-state index in [9.17, 15) is 45.6 Å². The lowest BCUT2D eigenvalue weighted by Crippen LogP contribution is -2.65. The van der Waals surface area contributed by atoms with Gasteiger partial charge in [-0.2, -0.15) is 0 Å². The van der Waals surface area contributed by atoms with Crippen LogP contribution in [0.1, 0.15) is 142 Å². The minimum atomic E-state index is -1.80. The molecule has 12 atom stereocenters. The summed E-state index contributed by atoms with van der Waals surface area (Å²) in [4.78, 5) is 13.1. The van der Waals surface area contributed by atoms with Gasteiger partial charge in [-0.1, -0.05) is 173 Å². The second-order valence-corrected chi connectivity index (χ2v) is 18.6. The molecule has 12 unspecified atom stereocenters. The van der Waals surface area contributed by atoms with E-state index < -0.39 is 86.8 Å². The number of hydrogen-bond acceptors (Lipinski definition) is 13. The van der Waals surface area contributed by atoms with Gasteiger partial charge in [-0.05, 0) is 96.3 Å². The molecule has 0 aromatic carbocycles. The molecule has 14 heteroatoms. The van der Waals surface area contributed by atoms with Crippen molar-refractivity contribution in [2.45, 2.75) is 216 Å². The largest absolute Gasteiger partial charge is 0.394 e. The molecule has 0 saturated carbocycles. The molecule has 9 N–H and O–H groups in total. The van der Waals surface area contributed by atoms with Crippen molar-refractivity contribution in [2.75, 3.05) is 19.8 Å². The van der Waals surface area contributed by atoms with Crippen LogP contribution in [0.2, 0.25) is 0 Å². The van der Waals surface area contributed by atoms with Gasteiger partial charge in [0.2, 0.25) is 5.91 Å². The van der Waals surface area contributed by atoms with Gasteiger partial charge in [0.15, 0.2) is 12.6 Å². The minimum absolute atomic E-state index is 0.240. The summed E-state index contributed by atoms with van der Waals surface area (Å²) >= 11 is 0. The van der Waals surface area contributed by atoms with Crippen molar-refractivity contribution in [1.82, 2.24) is 5.32 Å². The van der Waals surface area contributed by atoms with Gasteiger partial charge < -0.3 is 65.1 Å². The standard InChI is InChI=1S/C60H95NO13/c1-3-5-7-9-11-12-13-14-15-16-17-18-19-20-21-22-23-24-25-26-27-28-29-30-31-32-33-34-35-36-38-40-42-44-52(65)61-48(49(64)43-41-39-37-10-8-6-4-2)47-71-59-57(70)55(68)58(51(46-63)73-59)74-60-56(69)54(67)53(66)50(45-62)72-60/h5,7-8,10-12,14-15,17-18,20-21,23-24,26-27,29-30,32-33,41,43,48-51,53-60,62-64,66-70H,3-4,6,9,13,16,19,22,25,28,31,34-40,42,44-47H2,1-2H3,(H,61,65)/b7-5-,10-8+,12-11-,15-14-,18-17-,21-20-,24-23-,27-26-,30-29-,33-32-,43-41+. The van der Waals surface area contributed by atoms with Crippen molar-refractivity contribution in [1.29, 1.82) is 0 Å². The number of ether oxygens (including phenoxy) is 4. The summed E-state index contributed by atoms with van der Waals surface area (Å²) in [6, 6.07) is -0.949. The van der Waals surface area contributed by atoms with Crippen molar-refractivity contribution in [3.63, 3.8) is 0 Å². The Morgan fingerprint density at radius 2 is 0.946 bits per heavy atom. The summed E-state index contributed by atoms with van der Waals surface area (Å²) in [6.45, 7) is 2.48. The van der Waals surface area contributed by atoms with Crippen LogP contribution in [0.5, 0.6) is 0 Å². The van der Waals surface area contributed by atoms with E-state index in [4.69, 9.17) is 18.9 Å². The Kier molecular flexibility index (Phi) is 39.6. The number of hydrogen-bond donors (Lipinski definition) is 9. The normalized spacial score (nSPS) is 26.3. The van der Waals surface area contributed by atoms with Gasteiger partial charge in [-0.25, -0.2) is 0 Å². The maximum Gasteiger partial charge on any atom is 0.220 e. The summed E-state index contributed by atoms with van der Waals surface area (Å²) in [7, 11) is 0. The number of aliphatic hydroxyl groups is 8. The van der Waals surface area contributed by atoms with Crippen LogP contribution in [0.4, 0.5) is 0 Å². The smallest absolute Gasteiger partial charge is 0.220 e. The molecular formula is C60H95NO13. The molecule has 0 aromatic rings. The predicted octanol–water partition coefficient (Wildman–Crippen LogP) is 8.43. The summed E-state index contributed by atoms with van der Waals surface area (Å²) < 4.78 is 22.6. The molecule has 418 valence electrons. The van der Waals surface area contributed by atoms with E-state index in [0.717, 1.165) is 109 Å². The van der Waals surface area contributed by atoms with Crippen LogP contribution in [0, 0.1) is 0 Å². The second-order valence-electron chi connectivity index (χ2n) is 18.6. The highest BCUT2D eigenvalue weighted by Gasteiger charge is 2.51. The topological polar surface area (TPSA) is 228 Å². The molecule has 0 spiro atoms. The Balaban J connectivity index is 1.67. The van der Waals surface area contributed by atoms with Gasteiger partial charge in [0, 0.05) is 6.42 Å². The third-order valence-corrected chi connectivity index (χ3v) is 12.3. The average molecular weight is 1040 g/mol. The molecule has 74 heavy (non-hydrogen) atoms. The number of unbranched alkanes of at least 4 members (excludes halogenated alkanes) is 7. The summed E-state index contributed by atoms with van der Waals surface area (Å²) in [5.41, 5.74) is 0. The average Bonchev–Trinajstić information content (AvgIpc) is 3.40. The van der Waals surface area contributed by atoms with Gasteiger partial charge in [-0.15, -0.1) is 0 Å². The van der Waals surface area contributed by atoms with Crippen LogP contribution in [-0.2, 0) is 23.7 Å². The fourth-order valence-electron chi connectivity index (χ4n) is 7.89. The lowest BCUT2D eigenvalue weighted by Gasteiger charge is -2.46. The fraction of sp³-hybridized carbons (Fsp3) is 0.617. The minimum Gasteiger partial charge on any atom is -0.394 e. The van der Waals surface area contributed by atoms with Crippen LogP contribution in [0.15, 0.2) is 134 Å². The first kappa shape index (κ1) is 66.2. The Labute approximate surface area is 443 Å². The van der Waals surface area contributed by atoms with Gasteiger partial charge in [0.1, 0.15) is 48.8 Å². The number of amides is 1. The molecule has 0 bridgehead atoms. The first-order valence-corrected chi connectivity index (χ1v) is 27.4. The molecule has 0 radical (unpaired) electrons. The number of allylic oxidation sites excluding steroid dienone is 21. The molecule has 14 nitrogen and oxygen atoms in total. The zero-order valence-electron chi connectivity index (χ0n) is 44.5. The summed E-state index contributed by atoms with van der Waals surface area (Å²) in [5, 5.41) is 86.4. The van der Waals surface area contributed by atoms with Crippen molar-refractivity contribution < 1.29 is 64.6 Å². The maximum atomic E-state index is 13.1. The van der Waals surface area contributed by atoms with Crippen molar-refractivity contribution in [3.8, 4) is 0 Å². The summed E-state index contributed by atoms with van der Waals surface area (Å²) in [6.07, 6.45) is 48.3. The molecule has 2 heterocycles. The summed E-state index contributed by atoms with van der Waals surface area (Å²) in [5.74, 6) is -0.281. The monoisotopic (exact) mass is 1040 g/mol. The van der Waals surface area contributed by atoms with E-state index >= 15 is 0 Å². The molecule has 2 aliphatic rings. The van der Waals surface area contributed by atoms with Gasteiger partial charge >= 0.3 is 0 Å². The number of carbonyl (C=O) groups excluding carboxylic acids is 1. The van der Waals surface area contributed by atoms with Gasteiger partial charge in [-0.3, -0.25) is 4.79 Å². The highest BCUT2D eigenvalue weighted by Crippen LogP contribution is 2.30. The van der Waals surface area contributed by atoms with E-state index in [1.54, 1.807) is 6.08 Å². The molecule has 0 aliphatic carbocycles. The first-order valence-electron chi connectivity index (χ1n) is 27.4. The van der Waals surface area contributed by atoms with Crippen LogP contribution in [0.25, 0.3) is 0 Å². The Hall–Kier alpha value is -3.87. The molecule has 2 rings (SSSR count). The molecule has 2 aliphatic heterocycles. The lowest BCUT2D eigenvalue weighted by atomic mass is 9.97. The zero-order chi connectivity index (χ0) is 53.9. The molecule has 1 amide bonds. The molecule has 2 fully saturated rings. The van der Waals surface area contributed by atoms with Crippen LogP contribution in [0.3, 0.4) is 0 Å². The predicted molar refractivity (Wildman–Crippen MR) is 295 cm³/mol. The third-order valence-electron chi connectivity index (χ3n) is 12.3. The van der Waals surface area contributed by atoms with Gasteiger partial charge in [0.25, 0.3) is 0 Å². The first-order chi connectivity index (χ1) is 36.1. The SMILES string of the molecule is CC/C=C\C/C=C\C/C=C\C/C=C\C/C=C\C/C=C\C/C=C\C/C=C\C/C=C\CCCCCCCC(=O)NC(COC1OC(CO)C(OC2OC(CO)C(O)C(O)C2O)C(O)C1O)C(O)/C=C/CC/C=C/CCC. The quantitative estimate of drug-likeness (QED) is 0.0208. The van der Waals surface area contributed by atoms with Crippen molar-refractivity contribution in [3.05, 3.63) is 134 Å². The molecule has 0 aromatic heterocycles. The van der Waals surface area contributed by atoms with Gasteiger partial charge in [0.05, 0.1) is 32.0 Å². The lowest BCUT2D eigenvalue weighted by molar-refractivity contribution is -0.359. The van der Waals surface area contributed by atoms with Crippen LogP contribution in [-0.4, -0.2) is 140 Å². The van der Waals surface area contributed by atoms with Crippen LogP contribution >= 0.6 is 0 Å². The maximum absolute atomic E-state index is 13.1. The highest BCUT2D eigenvalue weighted by molar-refractivity contribution is 5.76. The molecular weight excluding hydrogens is 943 g/mol. The second kappa shape index (κ2) is 44.3. The van der Waals surface area contributed by atoms with E-state index in [0.29, 0.717) is 12.8 Å². The van der Waals surface area contributed by atoms with E-state index in [-0.39, 0.29) is 18.9 Å². The van der Waals surface area contributed by atoms with Crippen molar-refractivity contribution in [2.24, 2.45) is 0 Å². The fourth-order valence-corrected chi connectivity index (χ4v) is 7.89. The third kappa shape index (κ3) is 30.0. The van der Waals surface area contributed by atoms with E-state index in [2.05, 4.69) is 141 Å². The van der Waals surface area contributed by atoms with Crippen LogP contribution < -0.4 is 5.32 Å². The van der Waals surface area contributed by atoms with E-state index in [1.807, 2.05) is 6.08 Å². The number of rotatable bonds is 40. The highest BCUT2D eigenvalue weighted by atomic mass is 16.7. The number of nitrogens with one attached hydrogen (secondary N) is 1.